The largest absolute Gasteiger partial charge is 0.414 e. The summed E-state index contributed by atoms with van der Waals surface area (Å²) in [4.78, 5) is 17.4. The first kappa shape index (κ1) is 14.7. The van der Waals surface area contributed by atoms with Crippen LogP contribution >= 0.6 is 0 Å². The van der Waals surface area contributed by atoms with Gasteiger partial charge in [-0.1, -0.05) is 18.2 Å². The summed E-state index contributed by atoms with van der Waals surface area (Å²) >= 11 is 0. The summed E-state index contributed by atoms with van der Waals surface area (Å²) in [5, 5.41) is 4.47. The maximum Gasteiger partial charge on any atom is 0.414 e. The number of nitrogens with zero attached hydrogens (tertiary/aromatic N) is 1. The van der Waals surface area contributed by atoms with Crippen molar-refractivity contribution in [3.63, 3.8) is 0 Å². The molecule has 2 aliphatic rings. The second-order valence-corrected chi connectivity index (χ2v) is 5.39. The summed E-state index contributed by atoms with van der Waals surface area (Å²) in [7, 11) is 1.59. The SMILES string of the molecule is CON1C=C2CCCCC2=CC1NC(=O)Oc1ccccc1. The molecule has 0 radical (unpaired) electrons. The van der Waals surface area contributed by atoms with E-state index >= 15 is 0 Å². The molecule has 1 aromatic rings. The molecular weight excluding hydrogens is 280 g/mol. The van der Waals surface area contributed by atoms with Gasteiger partial charge in [0.15, 0.2) is 0 Å². The van der Waals surface area contributed by atoms with E-state index < -0.39 is 6.09 Å². The van der Waals surface area contributed by atoms with Crippen LogP contribution in [-0.4, -0.2) is 24.4 Å². The number of nitrogens with one attached hydrogen (secondary N) is 1. The molecule has 1 heterocycles. The Labute approximate surface area is 130 Å². The molecular formula is C17H20N2O3. The number of allylic oxidation sites excluding steroid dienone is 2. The number of hydroxylamine groups is 2. The second-order valence-electron chi connectivity index (χ2n) is 5.39. The molecule has 1 N–H and O–H groups in total. The summed E-state index contributed by atoms with van der Waals surface area (Å²) in [5.74, 6) is 0.515. The standard InChI is InChI=1S/C17H20N2O3/c1-21-19-12-14-8-6-5-7-13(14)11-16(19)18-17(20)22-15-9-3-2-4-10-15/h2-4,9-12,16H,5-8H2,1H3,(H,18,20). The molecule has 22 heavy (non-hydrogen) atoms. The van der Waals surface area contributed by atoms with Crippen LogP contribution in [0.4, 0.5) is 4.79 Å². The lowest BCUT2D eigenvalue weighted by Crippen LogP contribution is -2.47. The van der Waals surface area contributed by atoms with Gasteiger partial charge in [0.05, 0.1) is 7.11 Å². The van der Waals surface area contributed by atoms with Gasteiger partial charge in [-0.3, -0.25) is 10.2 Å². The molecule has 1 saturated carbocycles. The summed E-state index contributed by atoms with van der Waals surface area (Å²) in [6, 6.07) is 9.00. The van der Waals surface area contributed by atoms with Gasteiger partial charge in [-0.25, -0.2) is 9.86 Å². The summed E-state index contributed by atoms with van der Waals surface area (Å²) < 4.78 is 5.26. The Morgan fingerprint density at radius 2 is 1.91 bits per heavy atom. The number of carbonyl (C=O) groups excluding carboxylic acids is 1. The monoisotopic (exact) mass is 300 g/mol. The summed E-state index contributed by atoms with van der Waals surface area (Å²) in [6.07, 6.45) is 7.68. The molecule has 1 amide bonds. The molecule has 1 fully saturated rings. The van der Waals surface area contributed by atoms with Gasteiger partial charge >= 0.3 is 6.09 Å². The first-order valence-corrected chi connectivity index (χ1v) is 7.54. The quantitative estimate of drug-likeness (QED) is 0.930. The highest BCUT2D eigenvalue weighted by atomic mass is 16.7. The molecule has 1 aliphatic heterocycles. The lowest BCUT2D eigenvalue weighted by Gasteiger charge is -2.33. The topological polar surface area (TPSA) is 50.8 Å². The lowest BCUT2D eigenvalue weighted by molar-refractivity contribution is -0.115. The van der Waals surface area contributed by atoms with E-state index in [1.165, 1.54) is 24.0 Å². The highest BCUT2D eigenvalue weighted by Crippen LogP contribution is 2.32. The van der Waals surface area contributed by atoms with E-state index in [2.05, 4.69) is 5.32 Å². The maximum absolute atomic E-state index is 12.0. The van der Waals surface area contributed by atoms with Crippen molar-refractivity contribution in [2.75, 3.05) is 7.11 Å². The fourth-order valence-electron chi connectivity index (χ4n) is 2.81. The van der Waals surface area contributed by atoms with Crippen LogP contribution in [0.25, 0.3) is 0 Å². The zero-order valence-corrected chi connectivity index (χ0v) is 12.6. The Morgan fingerprint density at radius 3 is 2.64 bits per heavy atom. The fourth-order valence-corrected chi connectivity index (χ4v) is 2.81. The first-order chi connectivity index (χ1) is 10.8. The highest BCUT2D eigenvalue weighted by molar-refractivity contribution is 5.71. The Balaban J connectivity index is 1.67. The zero-order chi connectivity index (χ0) is 15.4. The van der Waals surface area contributed by atoms with Crippen molar-refractivity contribution in [3.05, 3.63) is 53.8 Å². The smallest absolute Gasteiger partial charge is 0.410 e. The minimum absolute atomic E-state index is 0.349. The van der Waals surface area contributed by atoms with Gasteiger partial charge in [-0.2, -0.15) is 0 Å². The van der Waals surface area contributed by atoms with E-state index in [1.54, 1.807) is 24.3 Å². The van der Waals surface area contributed by atoms with Gasteiger partial charge < -0.3 is 4.74 Å². The Bertz CT molecular complexity index is 595. The van der Waals surface area contributed by atoms with E-state index in [0.29, 0.717) is 5.75 Å². The molecule has 5 heteroatoms. The van der Waals surface area contributed by atoms with Crippen molar-refractivity contribution in [1.82, 2.24) is 10.4 Å². The third-order valence-corrected chi connectivity index (χ3v) is 3.90. The van der Waals surface area contributed by atoms with Crippen LogP contribution in [0.3, 0.4) is 0 Å². The van der Waals surface area contributed by atoms with Crippen LogP contribution in [0.15, 0.2) is 53.8 Å². The molecule has 1 atom stereocenters. The van der Waals surface area contributed by atoms with Crippen molar-refractivity contribution >= 4 is 6.09 Å². The maximum atomic E-state index is 12.0. The van der Waals surface area contributed by atoms with Crippen molar-refractivity contribution in [2.45, 2.75) is 31.8 Å². The number of hydrogen-bond acceptors (Lipinski definition) is 4. The lowest BCUT2D eigenvalue weighted by atomic mass is 9.88. The van der Waals surface area contributed by atoms with Crippen LogP contribution in [0.5, 0.6) is 5.75 Å². The van der Waals surface area contributed by atoms with Crippen LogP contribution in [-0.2, 0) is 4.84 Å². The minimum atomic E-state index is -0.497. The number of hydrogen-bond donors (Lipinski definition) is 1. The normalized spacial score (nSPS) is 20.6. The number of fused-ring (bicyclic) bond motifs is 1. The third-order valence-electron chi connectivity index (χ3n) is 3.90. The Kier molecular flexibility index (Phi) is 4.44. The van der Waals surface area contributed by atoms with Crippen molar-refractivity contribution in [3.8, 4) is 5.75 Å². The molecule has 1 unspecified atom stereocenters. The highest BCUT2D eigenvalue weighted by Gasteiger charge is 2.25. The van der Waals surface area contributed by atoms with E-state index in [-0.39, 0.29) is 6.17 Å². The molecule has 0 saturated heterocycles. The van der Waals surface area contributed by atoms with Gasteiger partial charge in [-0.05, 0) is 55.0 Å². The Hall–Kier alpha value is -2.27. The molecule has 0 aromatic heterocycles. The van der Waals surface area contributed by atoms with Crippen LogP contribution in [0, 0.1) is 0 Å². The van der Waals surface area contributed by atoms with Gasteiger partial charge in [-0.15, -0.1) is 0 Å². The minimum Gasteiger partial charge on any atom is -0.410 e. The van der Waals surface area contributed by atoms with Crippen molar-refractivity contribution in [2.24, 2.45) is 0 Å². The van der Waals surface area contributed by atoms with Gasteiger partial charge in [0.1, 0.15) is 11.9 Å². The predicted molar refractivity (Wildman–Crippen MR) is 82.9 cm³/mol. The van der Waals surface area contributed by atoms with Gasteiger partial charge in [0.25, 0.3) is 0 Å². The Morgan fingerprint density at radius 1 is 1.18 bits per heavy atom. The van der Waals surface area contributed by atoms with E-state index in [9.17, 15) is 4.79 Å². The molecule has 0 bridgehead atoms. The van der Waals surface area contributed by atoms with Crippen molar-refractivity contribution in [1.29, 1.82) is 0 Å². The van der Waals surface area contributed by atoms with E-state index in [4.69, 9.17) is 9.57 Å². The summed E-state index contributed by atoms with van der Waals surface area (Å²) in [5.41, 5.74) is 2.59. The molecule has 1 aromatic carbocycles. The average molecular weight is 300 g/mol. The van der Waals surface area contributed by atoms with Crippen LogP contribution < -0.4 is 10.1 Å². The number of ether oxygens (including phenoxy) is 1. The molecule has 0 spiro atoms. The number of para-hydroxylation sites is 1. The fraction of sp³-hybridized carbons (Fsp3) is 0.353. The molecule has 3 rings (SSSR count). The van der Waals surface area contributed by atoms with Crippen LogP contribution in [0.1, 0.15) is 25.7 Å². The van der Waals surface area contributed by atoms with E-state index in [0.717, 1.165) is 12.8 Å². The van der Waals surface area contributed by atoms with Gasteiger partial charge in [0, 0.05) is 6.20 Å². The van der Waals surface area contributed by atoms with Crippen molar-refractivity contribution < 1.29 is 14.4 Å². The van der Waals surface area contributed by atoms with Gasteiger partial charge in [0.2, 0.25) is 0 Å². The second kappa shape index (κ2) is 6.66. The molecule has 116 valence electrons. The number of carbonyl (C=O) groups is 1. The summed E-state index contributed by atoms with van der Waals surface area (Å²) in [6.45, 7) is 0. The third kappa shape index (κ3) is 3.31. The molecule has 5 nitrogen and oxygen atoms in total. The van der Waals surface area contributed by atoms with Crippen LogP contribution in [0.2, 0.25) is 0 Å². The average Bonchev–Trinajstić information content (AvgIpc) is 2.55. The number of rotatable bonds is 3. The first-order valence-electron chi connectivity index (χ1n) is 7.54. The number of benzene rings is 1. The number of amides is 1. The predicted octanol–water partition coefficient (Wildman–Crippen LogP) is 3.36. The molecule has 1 aliphatic carbocycles. The zero-order valence-electron chi connectivity index (χ0n) is 12.6. The van der Waals surface area contributed by atoms with E-state index in [1.807, 2.05) is 30.5 Å².